The number of carbonyl (C=O) groups is 3. The number of hydrogen-bond acceptors (Lipinski definition) is 4. The summed E-state index contributed by atoms with van der Waals surface area (Å²) in [6.45, 7) is 3.69. The smallest absolute Gasteiger partial charge is 0.411 e. The molecule has 3 aromatic carbocycles. The van der Waals surface area contributed by atoms with Crippen LogP contribution in [0.4, 0.5) is 4.79 Å². The van der Waals surface area contributed by atoms with Gasteiger partial charge in [-0.3, -0.25) is 4.90 Å². The summed E-state index contributed by atoms with van der Waals surface area (Å²) in [6, 6.07) is 17.4. The van der Waals surface area contributed by atoms with E-state index in [1.54, 1.807) is 38.1 Å². The van der Waals surface area contributed by atoms with Crippen molar-refractivity contribution in [2.75, 3.05) is 0 Å². The Labute approximate surface area is 197 Å². The number of ether oxygens (including phenoxy) is 1. The first-order valence-electron chi connectivity index (χ1n) is 11.3. The average Bonchev–Trinajstić information content (AvgIpc) is 3.61. The number of carboxylic acid groups (broad SMARTS) is 2. The molecule has 0 saturated heterocycles. The normalized spacial score (nSPS) is 14.1. The second-order valence-electron chi connectivity index (χ2n) is 9.02. The highest BCUT2D eigenvalue weighted by molar-refractivity contribution is 5.90. The van der Waals surface area contributed by atoms with E-state index in [1.807, 2.05) is 36.4 Å². The number of carbonyl (C=O) groups excluding carboxylic acids is 1. The lowest BCUT2D eigenvalue weighted by Gasteiger charge is -2.31. The number of hydrogen-bond donors (Lipinski definition) is 2. The molecule has 3 aromatic rings. The van der Waals surface area contributed by atoms with Crippen LogP contribution in [0.5, 0.6) is 0 Å². The van der Waals surface area contributed by atoms with Gasteiger partial charge in [0.1, 0.15) is 12.1 Å². The van der Waals surface area contributed by atoms with Crippen molar-refractivity contribution in [2.45, 2.75) is 45.4 Å². The van der Waals surface area contributed by atoms with Crippen molar-refractivity contribution in [3.8, 4) is 11.1 Å². The lowest BCUT2D eigenvalue weighted by molar-refractivity contribution is -0.144. The molecule has 7 nitrogen and oxygen atoms in total. The molecular formula is C27H27NO6. The van der Waals surface area contributed by atoms with Crippen LogP contribution in [-0.4, -0.2) is 45.3 Å². The Bertz CT molecular complexity index is 1230. The van der Waals surface area contributed by atoms with Gasteiger partial charge in [0.15, 0.2) is 0 Å². The third-order valence-corrected chi connectivity index (χ3v) is 5.97. The molecule has 0 aromatic heterocycles. The molecule has 0 spiro atoms. The molecule has 0 radical (unpaired) electrons. The van der Waals surface area contributed by atoms with Crippen LogP contribution >= 0.6 is 0 Å². The van der Waals surface area contributed by atoms with E-state index in [2.05, 4.69) is 0 Å². The maximum Gasteiger partial charge on any atom is 0.411 e. The van der Waals surface area contributed by atoms with Crippen molar-refractivity contribution in [3.05, 3.63) is 71.8 Å². The summed E-state index contributed by atoms with van der Waals surface area (Å²) in [5.74, 6) is -2.29. The van der Waals surface area contributed by atoms with E-state index in [1.165, 1.54) is 4.90 Å². The highest BCUT2D eigenvalue weighted by atomic mass is 16.6. The van der Waals surface area contributed by atoms with Gasteiger partial charge in [-0.05, 0) is 70.5 Å². The van der Waals surface area contributed by atoms with Crippen molar-refractivity contribution in [3.63, 3.8) is 0 Å². The van der Waals surface area contributed by atoms with Crippen molar-refractivity contribution < 1.29 is 29.3 Å². The number of carboxylic acids is 2. The van der Waals surface area contributed by atoms with Gasteiger partial charge >= 0.3 is 18.0 Å². The van der Waals surface area contributed by atoms with Crippen LogP contribution in [0.25, 0.3) is 21.9 Å². The number of benzene rings is 3. The first-order chi connectivity index (χ1) is 16.2. The van der Waals surface area contributed by atoms with Crippen LogP contribution in [0, 0.1) is 5.92 Å². The van der Waals surface area contributed by atoms with Crippen LogP contribution in [0.15, 0.2) is 60.7 Å². The summed E-state index contributed by atoms with van der Waals surface area (Å²) in [6.07, 6.45) is 0.923. The van der Waals surface area contributed by atoms with Crippen LogP contribution in [0.2, 0.25) is 0 Å². The summed E-state index contributed by atoms with van der Waals surface area (Å²) in [5.41, 5.74) is 2.91. The largest absolute Gasteiger partial charge is 0.480 e. The van der Waals surface area contributed by atoms with E-state index < -0.39 is 24.1 Å². The molecule has 2 N–H and O–H groups in total. The molecule has 1 amide bonds. The highest BCUT2D eigenvalue weighted by Crippen LogP contribution is 2.28. The van der Waals surface area contributed by atoms with Crippen LogP contribution in [0.3, 0.4) is 0 Å². The first-order valence-corrected chi connectivity index (χ1v) is 11.3. The number of rotatable bonds is 8. The zero-order valence-electron chi connectivity index (χ0n) is 19.1. The Balaban J connectivity index is 1.60. The Morgan fingerprint density at radius 1 is 0.912 bits per heavy atom. The van der Waals surface area contributed by atoms with Gasteiger partial charge in [-0.2, -0.15) is 0 Å². The van der Waals surface area contributed by atoms with Crippen molar-refractivity contribution in [2.24, 2.45) is 5.92 Å². The fourth-order valence-corrected chi connectivity index (χ4v) is 4.03. The summed E-state index contributed by atoms with van der Waals surface area (Å²) in [5, 5.41) is 20.8. The Morgan fingerprint density at radius 3 is 2.12 bits per heavy atom. The number of nitrogens with zero attached hydrogens (tertiary/aromatic N) is 1. The molecular weight excluding hydrogens is 434 g/mol. The molecule has 0 aliphatic heterocycles. The van der Waals surface area contributed by atoms with Gasteiger partial charge < -0.3 is 14.9 Å². The lowest BCUT2D eigenvalue weighted by atomic mass is 9.98. The maximum absolute atomic E-state index is 12.8. The first kappa shape index (κ1) is 23.3. The predicted molar refractivity (Wildman–Crippen MR) is 128 cm³/mol. The molecule has 1 fully saturated rings. The summed E-state index contributed by atoms with van der Waals surface area (Å²) >= 11 is 0. The molecule has 1 aliphatic rings. The Kier molecular flexibility index (Phi) is 6.54. The molecule has 1 unspecified atom stereocenters. The Hall–Kier alpha value is -3.87. The molecule has 34 heavy (non-hydrogen) atoms. The molecule has 1 atom stereocenters. The highest BCUT2D eigenvalue weighted by Gasteiger charge is 2.36. The maximum atomic E-state index is 12.8. The quantitative estimate of drug-likeness (QED) is 0.464. The second-order valence-corrected chi connectivity index (χ2v) is 9.02. The molecule has 1 aliphatic carbocycles. The summed E-state index contributed by atoms with van der Waals surface area (Å²) in [4.78, 5) is 37.1. The number of amides is 1. The number of fused-ring (bicyclic) bond motifs is 1. The van der Waals surface area contributed by atoms with Gasteiger partial charge in [0.05, 0.1) is 5.56 Å². The molecule has 0 bridgehead atoms. The van der Waals surface area contributed by atoms with E-state index in [9.17, 15) is 19.5 Å². The summed E-state index contributed by atoms with van der Waals surface area (Å²) in [7, 11) is 0. The SMILES string of the molecule is CC(C)C(C(=O)O)N(Cc1ccc2cc(-c3ccc(C(=O)O)cc3)ccc2c1)C(=O)OC1CC1. The fraction of sp³-hybridized carbons (Fsp3) is 0.296. The van der Waals surface area contributed by atoms with Gasteiger partial charge in [0.25, 0.3) is 0 Å². The predicted octanol–water partition coefficient (Wildman–Crippen LogP) is 5.42. The van der Waals surface area contributed by atoms with Crippen LogP contribution in [-0.2, 0) is 16.1 Å². The fourth-order valence-electron chi connectivity index (χ4n) is 4.03. The van der Waals surface area contributed by atoms with Crippen LogP contribution < -0.4 is 0 Å². The number of aromatic carboxylic acids is 1. The minimum absolute atomic E-state index is 0.115. The monoisotopic (exact) mass is 461 g/mol. The molecule has 4 rings (SSSR count). The van der Waals surface area contributed by atoms with E-state index in [4.69, 9.17) is 9.84 Å². The van der Waals surface area contributed by atoms with E-state index in [-0.39, 0.29) is 24.1 Å². The van der Waals surface area contributed by atoms with Gasteiger partial charge in [-0.15, -0.1) is 0 Å². The van der Waals surface area contributed by atoms with Crippen molar-refractivity contribution in [1.82, 2.24) is 4.90 Å². The van der Waals surface area contributed by atoms with Crippen molar-refractivity contribution >= 4 is 28.8 Å². The third-order valence-electron chi connectivity index (χ3n) is 5.97. The average molecular weight is 462 g/mol. The second kappa shape index (κ2) is 9.55. The van der Waals surface area contributed by atoms with E-state index >= 15 is 0 Å². The third kappa shape index (κ3) is 5.20. The van der Waals surface area contributed by atoms with Crippen LogP contribution in [0.1, 0.15) is 42.6 Å². The standard InChI is InChI=1S/C27H27NO6/c1-16(2)24(26(31)32)28(27(33)34-23-11-12-23)15-17-3-4-22-14-21(10-9-20(22)13-17)18-5-7-19(8-6-18)25(29)30/h3-10,13-14,16,23-24H,11-12,15H2,1-2H3,(H,29,30)(H,31,32). The van der Waals surface area contributed by atoms with Gasteiger partial charge in [0.2, 0.25) is 0 Å². The lowest BCUT2D eigenvalue weighted by Crippen LogP contribution is -2.48. The Morgan fingerprint density at radius 2 is 1.53 bits per heavy atom. The zero-order chi connectivity index (χ0) is 24.4. The van der Waals surface area contributed by atoms with E-state index in [0.717, 1.165) is 40.3 Å². The topological polar surface area (TPSA) is 104 Å². The molecule has 176 valence electrons. The number of aliphatic carboxylic acids is 1. The minimum atomic E-state index is -1.05. The van der Waals surface area contributed by atoms with Crippen molar-refractivity contribution in [1.29, 1.82) is 0 Å². The minimum Gasteiger partial charge on any atom is -0.480 e. The molecule has 1 saturated carbocycles. The molecule has 7 heteroatoms. The van der Waals surface area contributed by atoms with Gasteiger partial charge in [-0.25, -0.2) is 14.4 Å². The van der Waals surface area contributed by atoms with E-state index in [0.29, 0.717) is 0 Å². The van der Waals surface area contributed by atoms with Gasteiger partial charge in [0, 0.05) is 6.54 Å². The summed E-state index contributed by atoms with van der Waals surface area (Å²) < 4.78 is 5.44. The molecule has 0 heterocycles. The van der Waals surface area contributed by atoms with Gasteiger partial charge in [-0.1, -0.05) is 50.2 Å². The zero-order valence-corrected chi connectivity index (χ0v) is 19.1.